The van der Waals surface area contributed by atoms with Crippen molar-refractivity contribution in [1.82, 2.24) is 4.90 Å². The minimum absolute atomic E-state index is 0.0580. The first kappa shape index (κ1) is 14.7. The average molecular weight is 305 g/mol. The molecule has 1 aromatic rings. The maximum Gasteiger partial charge on any atom is 0.311 e. The predicted molar refractivity (Wildman–Crippen MR) is 77.6 cm³/mol. The van der Waals surface area contributed by atoms with Crippen LogP contribution in [0.5, 0.6) is 11.5 Å². The van der Waals surface area contributed by atoms with Crippen LogP contribution in [-0.2, 0) is 9.59 Å². The Morgan fingerprint density at radius 3 is 2.68 bits per heavy atom. The Hall–Kier alpha value is -2.24. The van der Waals surface area contributed by atoms with Crippen LogP contribution < -0.4 is 4.74 Å². The van der Waals surface area contributed by atoms with Gasteiger partial charge in [0.05, 0.1) is 5.41 Å². The van der Waals surface area contributed by atoms with Crippen molar-refractivity contribution in [2.75, 3.05) is 19.7 Å². The molecule has 1 aliphatic heterocycles. The quantitative estimate of drug-likeness (QED) is 0.880. The molecule has 2 fully saturated rings. The molecule has 2 atom stereocenters. The van der Waals surface area contributed by atoms with Crippen molar-refractivity contribution in [3.63, 3.8) is 0 Å². The second-order valence-corrected chi connectivity index (χ2v) is 6.11. The number of phenols is 1. The Bertz CT molecular complexity index is 585. The number of phenolic OH excluding ortho intramolecular Hbond substituents is 1. The van der Waals surface area contributed by atoms with Crippen LogP contribution in [0.2, 0.25) is 0 Å². The third kappa shape index (κ3) is 2.49. The number of ether oxygens (including phenoxy) is 1. The number of aliphatic carboxylic acids is 1. The van der Waals surface area contributed by atoms with Gasteiger partial charge in [-0.3, -0.25) is 9.59 Å². The summed E-state index contributed by atoms with van der Waals surface area (Å²) in [6.45, 7) is 0.669. The van der Waals surface area contributed by atoms with Crippen LogP contribution in [0.25, 0.3) is 0 Å². The molecule has 1 saturated heterocycles. The van der Waals surface area contributed by atoms with Crippen molar-refractivity contribution in [3.8, 4) is 11.5 Å². The summed E-state index contributed by atoms with van der Waals surface area (Å²) < 4.78 is 5.40. The van der Waals surface area contributed by atoms with Gasteiger partial charge in [-0.1, -0.05) is 6.42 Å². The zero-order valence-corrected chi connectivity index (χ0v) is 12.2. The van der Waals surface area contributed by atoms with Gasteiger partial charge in [0, 0.05) is 13.1 Å². The molecular weight excluding hydrogens is 286 g/mol. The highest BCUT2D eigenvalue weighted by Gasteiger charge is 2.55. The molecule has 118 valence electrons. The number of carboxylic acid groups (broad SMARTS) is 1. The number of nitrogens with zero attached hydrogens (tertiary/aromatic N) is 1. The number of fused-ring (bicyclic) bond motifs is 1. The summed E-state index contributed by atoms with van der Waals surface area (Å²) in [6.07, 6.45) is 2.44. The van der Waals surface area contributed by atoms with Crippen LogP contribution in [0.4, 0.5) is 0 Å². The van der Waals surface area contributed by atoms with Crippen LogP contribution in [0, 0.1) is 11.3 Å². The molecule has 6 heteroatoms. The maximum absolute atomic E-state index is 12.2. The van der Waals surface area contributed by atoms with E-state index in [0.29, 0.717) is 18.7 Å². The molecule has 1 aromatic carbocycles. The van der Waals surface area contributed by atoms with Gasteiger partial charge >= 0.3 is 5.97 Å². The van der Waals surface area contributed by atoms with Crippen molar-refractivity contribution in [2.45, 2.75) is 19.3 Å². The Kier molecular flexibility index (Phi) is 3.68. The van der Waals surface area contributed by atoms with E-state index in [1.54, 1.807) is 17.0 Å². The van der Waals surface area contributed by atoms with Crippen LogP contribution in [0.3, 0.4) is 0 Å². The number of hydrogen-bond donors (Lipinski definition) is 2. The normalized spacial score (nSPS) is 26.7. The summed E-state index contributed by atoms with van der Waals surface area (Å²) in [4.78, 5) is 25.4. The van der Waals surface area contributed by atoms with E-state index in [0.717, 1.165) is 12.8 Å². The minimum atomic E-state index is -0.787. The SMILES string of the molecule is O=C(COc1ccc(O)cc1)N1C[C@@H]2CCC[C@@]2(C(=O)O)C1. The zero-order valence-electron chi connectivity index (χ0n) is 12.2. The second kappa shape index (κ2) is 5.51. The lowest BCUT2D eigenvalue weighted by Crippen LogP contribution is -2.38. The molecule has 0 unspecified atom stereocenters. The highest BCUT2D eigenvalue weighted by atomic mass is 16.5. The Labute approximate surface area is 128 Å². The van der Waals surface area contributed by atoms with Crippen LogP contribution in [0.1, 0.15) is 19.3 Å². The van der Waals surface area contributed by atoms with Gasteiger partial charge in [-0.05, 0) is 43.0 Å². The molecule has 0 bridgehead atoms. The van der Waals surface area contributed by atoms with E-state index in [1.165, 1.54) is 12.1 Å². The van der Waals surface area contributed by atoms with E-state index in [9.17, 15) is 19.8 Å². The van der Waals surface area contributed by atoms with Gasteiger partial charge in [0.15, 0.2) is 6.61 Å². The first-order valence-electron chi connectivity index (χ1n) is 7.44. The molecule has 1 amide bonds. The fraction of sp³-hybridized carbons (Fsp3) is 0.500. The summed E-state index contributed by atoms with van der Waals surface area (Å²) in [6, 6.07) is 6.14. The second-order valence-electron chi connectivity index (χ2n) is 6.11. The summed E-state index contributed by atoms with van der Waals surface area (Å²) in [5.74, 6) is -0.289. The molecule has 0 radical (unpaired) electrons. The van der Waals surface area contributed by atoms with Gasteiger partial charge in [-0.15, -0.1) is 0 Å². The van der Waals surface area contributed by atoms with Gasteiger partial charge in [-0.2, -0.15) is 0 Å². The lowest BCUT2D eigenvalue weighted by Gasteiger charge is -2.23. The van der Waals surface area contributed by atoms with Gasteiger partial charge < -0.3 is 19.8 Å². The minimum Gasteiger partial charge on any atom is -0.508 e. The molecular formula is C16H19NO5. The number of benzene rings is 1. The molecule has 1 aliphatic carbocycles. The van der Waals surface area contributed by atoms with Crippen LogP contribution in [0.15, 0.2) is 24.3 Å². The fourth-order valence-corrected chi connectivity index (χ4v) is 3.61. The zero-order chi connectivity index (χ0) is 15.7. The molecule has 3 rings (SSSR count). The maximum atomic E-state index is 12.2. The van der Waals surface area contributed by atoms with Crippen LogP contribution in [-0.4, -0.2) is 46.7 Å². The Morgan fingerprint density at radius 1 is 1.32 bits per heavy atom. The van der Waals surface area contributed by atoms with E-state index >= 15 is 0 Å². The van der Waals surface area contributed by atoms with Crippen molar-refractivity contribution in [3.05, 3.63) is 24.3 Å². The monoisotopic (exact) mass is 305 g/mol. The fourth-order valence-electron chi connectivity index (χ4n) is 3.61. The van der Waals surface area contributed by atoms with Crippen molar-refractivity contribution >= 4 is 11.9 Å². The third-order valence-corrected chi connectivity index (χ3v) is 4.85. The molecule has 0 aromatic heterocycles. The highest BCUT2D eigenvalue weighted by Crippen LogP contribution is 2.48. The lowest BCUT2D eigenvalue weighted by atomic mass is 9.81. The summed E-state index contributed by atoms with van der Waals surface area (Å²) in [7, 11) is 0. The lowest BCUT2D eigenvalue weighted by molar-refractivity contribution is -0.149. The number of amides is 1. The largest absolute Gasteiger partial charge is 0.508 e. The number of carbonyl (C=O) groups excluding carboxylic acids is 1. The van der Waals surface area contributed by atoms with E-state index in [2.05, 4.69) is 0 Å². The number of likely N-dealkylation sites (tertiary alicyclic amines) is 1. The van der Waals surface area contributed by atoms with Crippen LogP contribution >= 0.6 is 0 Å². The third-order valence-electron chi connectivity index (χ3n) is 4.85. The van der Waals surface area contributed by atoms with E-state index in [4.69, 9.17) is 4.74 Å². The molecule has 22 heavy (non-hydrogen) atoms. The number of aromatic hydroxyl groups is 1. The Morgan fingerprint density at radius 2 is 2.05 bits per heavy atom. The summed E-state index contributed by atoms with van der Waals surface area (Å²) in [5, 5.41) is 18.7. The molecule has 0 spiro atoms. The first-order valence-corrected chi connectivity index (χ1v) is 7.44. The first-order chi connectivity index (χ1) is 10.5. The smallest absolute Gasteiger partial charge is 0.311 e. The van der Waals surface area contributed by atoms with Gasteiger partial charge in [-0.25, -0.2) is 0 Å². The topological polar surface area (TPSA) is 87.1 Å². The average Bonchev–Trinajstić information content (AvgIpc) is 3.04. The number of carbonyl (C=O) groups is 2. The number of carboxylic acids is 1. The molecule has 1 heterocycles. The van der Waals surface area contributed by atoms with Crippen molar-refractivity contribution < 1.29 is 24.5 Å². The standard InChI is InChI=1S/C16H19NO5/c18-12-3-5-13(6-4-12)22-9-14(19)17-8-11-2-1-7-16(11,10-17)15(20)21/h3-6,11,18H,1-2,7-10H2,(H,20,21)/t11-,16+/m0/s1. The van der Waals surface area contributed by atoms with Gasteiger partial charge in [0.2, 0.25) is 0 Å². The van der Waals surface area contributed by atoms with E-state index in [-0.39, 0.29) is 30.7 Å². The molecule has 2 N–H and O–H groups in total. The van der Waals surface area contributed by atoms with Gasteiger partial charge in [0.1, 0.15) is 11.5 Å². The molecule has 2 aliphatic rings. The van der Waals surface area contributed by atoms with E-state index in [1.807, 2.05) is 0 Å². The Balaban J connectivity index is 1.60. The van der Waals surface area contributed by atoms with Gasteiger partial charge in [0.25, 0.3) is 5.91 Å². The molecule has 6 nitrogen and oxygen atoms in total. The molecule has 1 saturated carbocycles. The van der Waals surface area contributed by atoms with E-state index < -0.39 is 11.4 Å². The summed E-state index contributed by atoms with van der Waals surface area (Å²) in [5.41, 5.74) is -0.756. The number of rotatable bonds is 4. The van der Waals surface area contributed by atoms with Crippen molar-refractivity contribution in [2.24, 2.45) is 11.3 Å². The predicted octanol–water partition coefficient (Wildman–Crippen LogP) is 1.48. The van der Waals surface area contributed by atoms with Crippen molar-refractivity contribution in [1.29, 1.82) is 0 Å². The number of hydrogen-bond acceptors (Lipinski definition) is 4. The highest BCUT2D eigenvalue weighted by molar-refractivity contribution is 5.82. The summed E-state index contributed by atoms with van der Waals surface area (Å²) >= 11 is 0.